The van der Waals surface area contributed by atoms with Gasteiger partial charge in [-0.05, 0) is 47.0 Å². The molecule has 21 heavy (non-hydrogen) atoms. The lowest BCUT2D eigenvalue weighted by atomic mass is 9.83. The minimum atomic E-state index is -0.797. The van der Waals surface area contributed by atoms with Crippen LogP contribution in [0.5, 0.6) is 0 Å². The molecule has 0 aliphatic carbocycles. The maximum atomic E-state index is 12.6. The second-order valence-electron chi connectivity index (χ2n) is 5.44. The van der Waals surface area contributed by atoms with E-state index in [2.05, 4.69) is 31.9 Å². The highest BCUT2D eigenvalue weighted by Gasteiger charge is 2.45. The molecule has 0 bridgehead atoms. The highest BCUT2D eigenvalue weighted by atomic mass is 79.9. The first-order valence-corrected chi connectivity index (χ1v) is 8.46. The number of hydrogen-bond donors (Lipinski definition) is 1. The van der Waals surface area contributed by atoms with Crippen LogP contribution in [0.2, 0.25) is 0 Å². The Morgan fingerprint density at radius 3 is 2.67 bits per heavy atom. The van der Waals surface area contributed by atoms with Gasteiger partial charge in [0.15, 0.2) is 0 Å². The number of carboxylic acid groups (broad SMARTS) is 1. The van der Waals surface area contributed by atoms with Gasteiger partial charge in [0.05, 0.1) is 11.0 Å². The van der Waals surface area contributed by atoms with Gasteiger partial charge in [0.25, 0.3) is 5.91 Å². The maximum Gasteiger partial charge on any atom is 0.311 e. The molecule has 0 radical (unpaired) electrons. The van der Waals surface area contributed by atoms with E-state index in [9.17, 15) is 14.7 Å². The number of aliphatic carboxylic acids is 1. The summed E-state index contributed by atoms with van der Waals surface area (Å²) in [5, 5.41) is 9.50. The molecule has 0 spiro atoms. The van der Waals surface area contributed by atoms with E-state index < -0.39 is 11.4 Å². The lowest BCUT2D eigenvalue weighted by Gasteiger charge is -2.24. The molecule has 1 aliphatic heterocycles. The summed E-state index contributed by atoms with van der Waals surface area (Å²) in [5.74, 6) is -0.914. The Kier molecular flexibility index (Phi) is 5.09. The number of likely N-dealkylation sites (tertiary alicyclic amines) is 1. The average Bonchev–Trinajstić information content (AvgIpc) is 2.84. The van der Waals surface area contributed by atoms with E-state index in [1.54, 1.807) is 11.0 Å². The summed E-state index contributed by atoms with van der Waals surface area (Å²) >= 11 is 6.74. The van der Waals surface area contributed by atoms with Gasteiger partial charge in [0.2, 0.25) is 0 Å². The van der Waals surface area contributed by atoms with Gasteiger partial charge in [-0.1, -0.05) is 29.3 Å². The number of amides is 1. The predicted molar refractivity (Wildman–Crippen MR) is 87.3 cm³/mol. The number of halogens is 2. The molecule has 1 amide bonds. The van der Waals surface area contributed by atoms with Gasteiger partial charge in [-0.25, -0.2) is 0 Å². The second kappa shape index (κ2) is 6.48. The number of rotatable bonds is 4. The lowest BCUT2D eigenvalue weighted by molar-refractivity contribution is -0.148. The molecule has 1 aliphatic rings. The summed E-state index contributed by atoms with van der Waals surface area (Å²) < 4.78 is 1.60. The van der Waals surface area contributed by atoms with Crippen molar-refractivity contribution in [2.45, 2.75) is 26.2 Å². The molecule has 114 valence electrons. The SMILES string of the molecule is CCCC1(C(=O)O)CCN(C(=O)c2ccc(Br)cc2Br)C1. The summed E-state index contributed by atoms with van der Waals surface area (Å²) in [6.07, 6.45) is 1.93. The smallest absolute Gasteiger partial charge is 0.311 e. The van der Waals surface area contributed by atoms with Gasteiger partial charge in [-0.3, -0.25) is 9.59 Å². The molecule has 2 rings (SSSR count). The molecule has 1 aromatic rings. The fourth-order valence-corrected chi connectivity index (χ4v) is 4.06. The molecular formula is C15H17Br2NO3. The van der Waals surface area contributed by atoms with Gasteiger partial charge in [-0.2, -0.15) is 0 Å². The number of carbonyl (C=O) groups excluding carboxylic acids is 1. The average molecular weight is 419 g/mol. The Morgan fingerprint density at radius 2 is 2.10 bits per heavy atom. The van der Waals surface area contributed by atoms with Crippen LogP contribution in [0.4, 0.5) is 0 Å². The first-order valence-electron chi connectivity index (χ1n) is 6.87. The van der Waals surface area contributed by atoms with E-state index >= 15 is 0 Å². The second-order valence-corrected chi connectivity index (χ2v) is 7.21. The molecule has 1 heterocycles. The van der Waals surface area contributed by atoms with Gasteiger partial charge in [0, 0.05) is 22.0 Å². The minimum Gasteiger partial charge on any atom is -0.481 e. The van der Waals surface area contributed by atoms with Crippen LogP contribution in [0.15, 0.2) is 27.1 Å². The Balaban J connectivity index is 2.20. The number of carbonyl (C=O) groups is 2. The molecule has 1 fully saturated rings. The van der Waals surface area contributed by atoms with E-state index in [-0.39, 0.29) is 12.5 Å². The van der Waals surface area contributed by atoms with Crippen molar-refractivity contribution in [2.75, 3.05) is 13.1 Å². The lowest BCUT2D eigenvalue weighted by Crippen LogP contribution is -2.37. The van der Waals surface area contributed by atoms with Crippen molar-refractivity contribution in [3.8, 4) is 0 Å². The largest absolute Gasteiger partial charge is 0.481 e. The zero-order valence-electron chi connectivity index (χ0n) is 11.7. The summed E-state index contributed by atoms with van der Waals surface area (Å²) in [6.45, 7) is 2.76. The van der Waals surface area contributed by atoms with Gasteiger partial charge >= 0.3 is 5.97 Å². The number of carboxylic acids is 1. The molecule has 1 saturated heterocycles. The Labute approximate surface area is 140 Å². The summed E-state index contributed by atoms with van der Waals surface area (Å²) in [7, 11) is 0. The molecular weight excluding hydrogens is 402 g/mol. The monoisotopic (exact) mass is 417 g/mol. The van der Waals surface area contributed by atoms with Crippen molar-refractivity contribution >= 4 is 43.7 Å². The number of nitrogens with zero attached hydrogens (tertiary/aromatic N) is 1. The van der Waals surface area contributed by atoms with Crippen LogP contribution in [-0.2, 0) is 4.79 Å². The Hall–Kier alpha value is -0.880. The fourth-order valence-electron chi connectivity index (χ4n) is 2.84. The van der Waals surface area contributed by atoms with Gasteiger partial charge in [0.1, 0.15) is 0 Å². The zero-order chi connectivity index (χ0) is 15.6. The molecule has 1 N–H and O–H groups in total. The summed E-state index contributed by atoms with van der Waals surface area (Å²) in [5.41, 5.74) is -0.220. The van der Waals surface area contributed by atoms with Crippen LogP contribution in [0.3, 0.4) is 0 Å². The van der Waals surface area contributed by atoms with Crippen molar-refractivity contribution in [3.05, 3.63) is 32.7 Å². The van der Waals surface area contributed by atoms with Crippen molar-refractivity contribution in [1.29, 1.82) is 0 Å². The van der Waals surface area contributed by atoms with Gasteiger partial charge in [-0.15, -0.1) is 0 Å². The van der Waals surface area contributed by atoms with Crippen molar-refractivity contribution in [1.82, 2.24) is 4.90 Å². The summed E-state index contributed by atoms with van der Waals surface area (Å²) in [6, 6.07) is 5.38. The van der Waals surface area contributed by atoms with E-state index in [0.29, 0.717) is 29.4 Å². The van der Waals surface area contributed by atoms with Crippen molar-refractivity contribution in [2.24, 2.45) is 5.41 Å². The van der Waals surface area contributed by atoms with Crippen LogP contribution in [0, 0.1) is 5.41 Å². The first kappa shape index (κ1) is 16.5. The minimum absolute atomic E-state index is 0.117. The fraction of sp³-hybridized carbons (Fsp3) is 0.467. The normalized spacial score (nSPS) is 21.6. The standard InChI is InChI=1S/C15H17Br2NO3/c1-2-5-15(14(20)21)6-7-18(9-15)13(19)11-4-3-10(16)8-12(11)17/h3-4,8H,2,5-7,9H2,1H3,(H,20,21). The van der Waals surface area contributed by atoms with E-state index in [1.165, 1.54) is 0 Å². The van der Waals surface area contributed by atoms with E-state index in [1.807, 2.05) is 19.1 Å². The molecule has 1 unspecified atom stereocenters. The van der Waals surface area contributed by atoms with Crippen LogP contribution >= 0.6 is 31.9 Å². The molecule has 1 aromatic carbocycles. The van der Waals surface area contributed by atoms with Crippen molar-refractivity contribution in [3.63, 3.8) is 0 Å². The highest BCUT2D eigenvalue weighted by molar-refractivity contribution is 9.11. The molecule has 0 saturated carbocycles. The third kappa shape index (κ3) is 3.31. The molecule has 1 atom stereocenters. The van der Waals surface area contributed by atoms with Crippen molar-refractivity contribution < 1.29 is 14.7 Å². The first-order chi connectivity index (χ1) is 9.89. The summed E-state index contributed by atoms with van der Waals surface area (Å²) in [4.78, 5) is 25.8. The quantitative estimate of drug-likeness (QED) is 0.805. The molecule has 0 aromatic heterocycles. The highest BCUT2D eigenvalue weighted by Crippen LogP contribution is 2.36. The third-order valence-corrected chi connectivity index (χ3v) is 5.13. The number of benzene rings is 1. The Bertz CT molecular complexity index is 576. The van der Waals surface area contributed by atoms with Crippen LogP contribution in [0.1, 0.15) is 36.5 Å². The number of hydrogen-bond acceptors (Lipinski definition) is 2. The van der Waals surface area contributed by atoms with Gasteiger partial charge < -0.3 is 10.0 Å². The van der Waals surface area contributed by atoms with Crippen LogP contribution < -0.4 is 0 Å². The van der Waals surface area contributed by atoms with Crippen LogP contribution in [-0.4, -0.2) is 35.0 Å². The maximum absolute atomic E-state index is 12.6. The molecule has 4 nitrogen and oxygen atoms in total. The molecule has 6 heteroatoms. The van der Waals surface area contributed by atoms with E-state index in [0.717, 1.165) is 10.9 Å². The zero-order valence-corrected chi connectivity index (χ0v) is 14.9. The third-order valence-electron chi connectivity index (χ3n) is 3.98. The Morgan fingerprint density at radius 1 is 1.38 bits per heavy atom. The topological polar surface area (TPSA) is 57.6 Å². The van der Waals surface area contributed by atoms with Crippen LogP contribution in [0.25, 0.3) is 0 Å². The predicted octanol–water partition coefficient (Wildman–Crippen LogP) is 3.93. The van der Waals surface area contributed by atoms with E-state index in [4.69, 9.17) is 0 Å².